The number of nitrogens with zero attached hydrogens (tertiary/aromatic N) is 4. The Kier molecular flexibility index (Phi) is 8.39. The first-order valence-corrected chi connectivity index (χ1v) is 10.4. The van der Waals surface area contributed by atoms with Crippen LogP contribution in [0.4, 0.5) is 0 Å². The minimum absolute atomic E-state index is 0.890. The third-order valence-electron chi connectivity index (χ3n) is 5.42. The second-order valence-electron chi connectivity index (χ2n) is 7.38. The molecule has 0 bridgehead atoms. The van der Waals surface area contributed by atoms with Gasteiger partial charge >= 0.3 is 0 Å². The van der Waals surface area contributed by atoms with Gasteiger partial charge in [0.15, 0.2) is 5.96 Å². The molecule has 2 aliphatic heterocycles. The number of guanidine groups is 1. The molecule has 0 spiro atoms. The fraction of sp³-hybridized carbons (Fsp3) is 0.667. The van der Waals surface area contributed by atoms with E-state index in [0.717, 1.165) is 71.5 Å². The molecule has 2 aliphatic rings. The molecule has 6 nitrogen and oxygen atoms in total. The monoisotopic (exact) mass is 373 g/mol. The minimum atomic E-state index is 0.890. The van der Waals surface area contributed by atoms with Gasteiger partial charge in [-0.2, -0.15) is 0 Å². The first kappa shape index (κ1) is 20.1. The summed E-state index contributed by atoms with van der Waals surface area (Å²) in [5, 5.41) is 3.56. The maximum absolute atomic E-state index is 5.40. The Morgan fingerprint density at radius 3 is 2.41 bits per heavy atom. The Bertz CT molecular complexity index is 551. The van der Waals surface area contributed by atoms with Gasteiger partial charge in [0.1, 0.15) is 0 Å². The molecule has 0 unspecified atom stereocenters. The maximum atomic E-state index is 5.40. The van der Waals surface area contributed by atoms with Gasteiger partial charge < -0.3 is 15.0 Å². The Balaban J connectivity index is 1.30. The molecule has 1 N–H and O–H groups in total. The quantitative estimate of drug-likeness (QED) is 0.446. The lowest BCUT2D eigenvalue weighted by Gasteiger charge is -2.36. The average molecular weight is 374 g/mol. The molecule has 3 rings (SSSR count). The Hall–Kier alpha value is -1.63. The maximum Gasteiger partial charge on any atom is 0.193 e. The zero-order valence-electron chi connectivity index (χ0n) is 16.8. The molecule has 0 amide bonds. The van der Waals surface area contributed by atoms with Crippen molar-refractivity contribution in [2.24, 2.45) is 4.99 Å². The molecule has 6 heteroatoms. The second kappa shape index (κ2) is 11.3. The number of hydrogen-bond donors (Lipinski definition) is 1. The van der Waals surface area contributed by atoms with E-state index in [1.165, 1.54) is 24.9 Å². The van der Waals surface area contributed by atoms with Crippen LogP contribution < -0.4 is 5.32 Å². The summed E-state index contributed by atoms with van der Waals surface area (Å²) in [6, 6.07) is 10.7. The van der Waals surface area contributed by atoms with Crippen molar-refractivity contribution in [2.75, 3.05) is 72.6 Å². The van der Waals surface area contributed by atoms with Crippen LogP contribution in [-0.2, 0) is 11.3 Å². The highest BCUT2D eigenvalue weighted by Gasteiger charge is 2.19. The van der Waals surface area contributed by atoms with Gasteiger partial charge in [0, 0.05) is 59.4 Å². The Morgan fingerprint density at radius 1 is 0.963 bits per heavy atom. The summed E-state index contributed by atoms with van der Waals surface area (Å²) in [6.45, 7) is 11.4. The summed E-state index contributed by atoms with van der Waals surface area (Å²) < 4.78 is 5.40. The van der Waals surface area contributed by atoms with Crippen molar-refractivity contribution in [3.05, 3.63) is 35.9 Å². The van der Waals surface area contributed by atoms with E-state index in [1.807, 2.05) is 7.05 Å². The normalized spacial score (nSPS) is 20.0. The summed E-state index contributed by atoms with van der Waals surface area (Å²) in [5.41, 5.74) is 1.40. The van der Waals surface area contributed by atoms with Crippen molar-refractivity contribution in [3.8, 4) is 0 Å². The van der Waals surface area contributed by atoms with Gasteiger partial charge in [0.25, 0.3) is 0 Å². The van der Waals surface area contributed by atoms with E-state index in [9.17, 15) is 0 Å². The standard InChI is InChI=1S/C21H35N5O/c1-22-21(23-9-5-6-10-24-15-17-27-18-16-24)26-13-11-25(12-14-26)19-20-7-3-2-4-8-20/h2-4,7-8H,5-6,9-19H2,1H3,(H,22,23). The highest BCUT2D eigenvalue weighted by molar-refractivity contribution is 5.79. The van der Waals surface area contributed by atoms with Gasteiger partial charge in [-0.1, -0.05) is 30.3 Å². The van der Waals surface area contributed by atoms with Gasteiger partial charge in [-0.25, -0.2) is 0 Å². The van der Waals surface area contributed by atoms with Crippen molar-refractivity contribution >= 4 is 5.96 Å². The number of unbranched alkanes of at least 4 members (excludes halogenated alkanes) is 1. The summed E-state index contributed by atoms with van der Waals surface area (Å²) in [5.74, 6) is 1.06. The van der Waals surface area contributed by atoms with Crippen molar-refractivity contribution in [3.63, 3.8) is 0 Å². The topological polar surface area (TPSA) is 43.3 Å². The van der Waals surface area contributed by atoms with Crippen molar-refractivity contribution in [1.29, 1.82) is 0 Å². The van der Waals surface area contributed by atoms with Crippen molar-refractivity contribution in [1.82, 2.24) is 20.0 Å². The molecular weight excluding hydrogens is 338 g/mol. The van der Waals surface area contributed by atoms with Crippen molar-refractivity contribution < 1.29 is 4.74 Å². The van der Waals surface area contributed by atoms with Crippen LogP contribution >= 0.6 is 0 Å². The lowest BCUT2D eigenvalue weighted by atomic mass is 10.2. The lowest BCUT2D eigenvalue weighted by Crippen LogP contribution is -2.52. The molecule has 27 heavy (non-hydrogen) atoms. The third kappa shape index (κ3) is 6.79. The molecule has 0 saturated carbocycles. The largest absolute Gasteiger partial charge is 0.379 e. The third-order valence-corrected chi connectivity index (χ3v) is 5.42. The van der Waals surface area contributed by atoms with E-state index in [-0.39, 0.29) is 0 Å². The molecule has 1 aromatic rings. The number of ether oxygens (including phenoxy) is 1. The van der Waals surface area contributed by atoms with Crippen molar-refractivity contribution in [2.45, 2.75) is 19.4 Å². The molecule has 2 fully saturated rings. The molecule has 1 aromatic carbocycles. The van der Waals surface area contributed by atoms with E-state index in [2.05, 4.69) is 55.3 Å². The van der Waals surface area contributed by atoms with Crippen LogP contribution in [0.25, 0.3) is 0 Å². The molecule has 0 radical (unpaired) electrons. The zero-order valence-corrected chi connectivity index (χ0v) is 16.8. The van der Waals surface area contributed by atoms with Gasteiger partial charge in [-0.05, 0) is 24.9 Å². The summed E-state index contributed by atoms with van der Waals surface area (Å²) in [4.78, 5) is 11.9. The van der Waals surface area contributed by atoms with Crippen LogP contribution in [0.2, 0.25) is 0 Å². The fourth-order valence-corrected chi connectivity index (χ4v) is 3.78. The molecule has 2 saturated heterocycles. The summed E-state index contributed by atoms with van der Waals surface area (Å²) >= 11 is 0. The van der Waals surface area contributed by atoms with E-state index in [0.29, 0.717) is 0 Å². The molecule has 0 aromatic heterocycles. The number of morpholine rings is 1. The molecule has 2 heterocycles. The minimum Gasteiger partial charge on any atom is -0.379 e. The number of piperazine rings is 1. The smallest absolute Gasteiger partial charge is 0.193 e. The first-order valence-electron chi connectivity index (χ1n) is 10.4. The highest BCUT2D eigenvalue weighted by atomic mass is 16.5. The number of aliphatic imine (C=N–C) groups is 1. The lowest BCUT2D eigenvalue weighted by molar-refractivity contribution is 0.0372. The van der Waals surface area contributed by atoms with Crippen LogP contribution in [0.15, 0.2) is 35.3 Å². The number of rotatable bonds is 7. The molecular formula is C21H35N5O. The van der Waals surface area contributed by atoms with Crippen LogP contribution in [0, 0.1) is 0 Å². The Morgan fingerprint density at radius 2 is 1.70 bits per heavy atom. The molecule has 0 atom stereocenters. The summed E-state index contributed by atoms with van der Waals surface area (Å²) in [6.07, 6.45) is 2.42. The van der Waals surface area contributed by atoms with Gasteiger partial charge in [-0.3, -0.25) is 14.8 Å². The number of benzene rings is 1. The SMILES string of the molecule is CN=C(NCCCCN1CCOCC1)N1CCN(Cc2ccccc2)CC1. The van der Waals surface area contributed by atoms with Crippen LogP contribution in [-0.4, -0.2) is 93.3 Å². The van der Waals surface area contributed by atoms with Gasteiger partial charge in [0.2, 0.25) is 0 Å². The number of nitrogens with one attached hydrogen (secondary N) is 1. The van der Waals surface area contributed by atoms with Gasteiger partial charge in [-0.15, -0.1) is 0 Å². The van der Waals surface area contributed by atoms with Crippen LogP contribution in [0.3, 0.4) is 0 Å². The summed E-state index contributed by atoms with van der Waals surface area (Å²) in [7, 11) is 1.90. The Labute approximate surface area is 164 Å². The zero-order chi connectivity index (χ0) is 18.7. The average Bonchev–Trinajstić information content (AvgIpc) is 2.73. The molecule has 0 aliphatic carbocycles. The van der Waals surface area contributed by atoms with Gasteiger partial charge in [0.05, 0.1) is 13.2 Å². The van der Waals surface area contributed by atoms with Crippen LogP contribution in [0.1, 0.15) is 18.4 Å². The second-order valence-corrected chi connectivity index (χ2v) is 7.38. The van der Waals surface area contributed by atoms with E-state index in [1.54, 1.807) is 0 Å². The fourth-order valence-electron chi connectivity index (χ4n) is 3.78. The number of hydrogen-bond acceptors (Lipinski definition) is 4. The predicted molar refractivity (Wildman–Crippen MR) is 111 cm³/mol. The molecule has 150 valence electrons. The predicted octanol–water partition coefficient (Wildman–Crippen LogP) is 1.49. The van der Waals surface area contributed by atoms with E-state index >= 15 is 0 Å². The highest BCUT2D eigenvalue weighted by Crippen LogP contribution is 2.08. The van der Waals surface area contributed by atoms with E-state index in [4.69, 9.17) is 4.74 Å². The van der Waals surface area contributed by atoms with E-state index < -0.39 is 0 Å². The first-order chi connectivity index (χ1) is 13.3. The van der Waals surface area contributed by atoms with Crippen LogP contribution in [0.5, 0.6) is 0 Å².